The minimum absolute atomic E-state index is 0.00396. The van der Waals surface area contributed by atoms with E-state index in [0.717, 1.165) is 5.56 Å². The van der Waals surface area contributed by atoms with Gasteiger partial charge >= 0.3 is 0 Å². The SMILES string of the molecule is Cc1cc(Cl)c2c(c1)c(=O)c(C#N)cn2CC(=O)N(C)C. The van der Waals surface area contributed by atoms with E-state index in [1.807, 2.05) is 13.0 Å². The van der Waals surface area contributed by atoms with Gasteiger partial charge in [-0.15, -0.1) is 0 Å². The number of halogens is 1. The highest BCUT2D eigenvalue weighted by atomic mass is 35.5. The van der Waals surface area contributed by atoms with Crippen LogP contribution < -0.4 is 5.43 Å². The van der Waals surface area contributed by atoms with Crippen molar-refractivity contribution in [2.24, 2.45) is 0 Å². The van der Waals surface area contributed by atoms with E-state index in [9.17, 15) is 9.59 Å². The summed E-state index contributed by atoms with van der Waals surface area (Å²) in [5.41, 5.74) is 0.925. The quantitative estimate of drug-likeness (QED) is 0.851. The number of nitriles is 1. The van der Waals surface area contributed by atoms with E-state index in [4.69, 9.17) is 16.9 Å². The predicted molar refractivity (Wildman–Crippen MR) is 81.4 cm³/mol. The lowest BCUT2D eigenvalue weighted by molar-refractivity contribution is -0.129. The van der Waals surface area contributed by atoms with Crippen molar-refractivity contribution in [2.45, 2.75) is 13.5 Å². The maximum atomic E-state index is 12.2. The molecule has 0 saturated carbocycles. The summed E-state index contributed by atoms with van der Waals surface area (Å²) in [6.07, 6.45) is 1.38. The largest absolute Gasteiger partial charge is 0.347 e. The van der Waals surface area contributed by atoms with E-state index >= 15 is 0 Å². The summed E-state index contributed by atoms with van der Waals surface area (Å²) in [6.45, 7) is 1.83. The van der Waals surface area contributed by atoms with Crippen LogP contribution in [0.4, 0.5) is 0 Å². The molecule has 1 aromatic heterocycles. The Bertz CT molecular complexity index is 831. The van der Waals surface area contributed by atoms with Crippen LogP contribution in [-0.2, 0) is 11.3 Å². The summed E-state index contributed by atoms with van der Waals surface area (Å²) >= 11 is 6.23. The van der Waals surface area contributed by atoms with Crippen molar-refractivity contribution in [3.63, 3.8) is 0 Å². The van der Waals surface area contributed by atoms with Gasteiger partial charge in [-0.2, -0.15) is 5.26 Å². The predicted octanol–water partition coefficient (Wildman–Crippen LogP) is 1.92. The van der Waals surface area contributed by atoms with Gasteiger partial charge in [-0.3, -0.25) is 9.59 Å². The van der Waals surface area contributed by atoms with Crippen molar-refractivity contribution in [1.29, 1.82) is 5.26 Å². The highest BCUT2D eigenvalue weighted by Crippen LogP contribution is 2.24. The number of likely N-dealkylation sites (N-methyl/N-ethyl adjacent to an activating group) is 1. The normalized spacial score (nSPS) is 10.4. The molecule has 0 spiro atoms. The molecule has 5 nitrogen and oxygen atoms in total. The summed E-state index contributed by atoms with van der Waals surface area (Å²) < 4.78 is 1.55. The van der Waals surface area contributed by atoms with Gasteiger partial charge in [0.25, 0.3) is 0 Å². The summed E-state index contributed by atoms with van der Waals surface area (Å²) in [5, 5.41) is 9.83. The minimum atomic E-state index is -0.369. The van der Waals surface area contributed by atoms with Crippen LogP contribution in [0.2, 0.25) is 5.02 Å². The van der Waals surface area contributed by atoms with Gasteiger partial charge in [0.15, 0.2) is 0 Å². The summed E-state index contributed by atoms with van der Waals surface area (Å²) in [6, 6.07) is 5.28. The maximum Gasteiger partial charge on any atom is 0.241 e. The Labute approximate surface area is 127 Å². The second-order valence-electron chi connectivity index (χ2n) is 5.04. The molecule has 0 fully saturated rings. The summed E-state index contributed by atoms with van der Waals surface area (Å²) in [4.78, 5) is 25.6. The van der Waals surface area contributed by atoms with Crippen LogP contribution >= 0.6 is 11.6 Å². The highest BCUT2D eigenvalue weighted by Gasteiger charge is 2.15. The van der Waals surface area contributed by atoms with Crippen molar-refractivity contribution in [2.75, 3.05) is 14.1 Å². The monoisotopic (exact) mass is 303 g/mol. The van der Waals surface area contributed by atoms with Crippen LogP contribution in [0.15, 0.2) is 23.1 Å². The van der Waals surface area contributed by atoms with Gasteiger partial charge in [-0.05, 0) is 24.6 Å². The van der Waals surface area contributed by atoms with Crippen LogP contribution in [0, 0.1) is 18.3 Å². The third-order valence-electron chi connectivity index (χ3n) is 3.19. The van der Waals surface area contributed by atoms with Crippen LogP contribution in [0.25, 0.3) is 10.9 Å². The maximum absolute atomic E-state index is 12.2. The van der Waals surface area contributed by atoms with E-state index < -0.39 is 0 Å². The number of carbonyl (C=O) groups excluding carboxylic acids is 1. The molecule has 0 aliphatic rings. The Kier molecular flexibility index (Phi) is 4.01. The van der Waals surface area contributed by atoms with E-state index in [2.05, 4.69) is 0 Å². The Balaban J connectivity index is 2.81. The number of benzene rings is 1. The molecule has 0 bridgehead atoms. The number of aryl methyl sites for hydroxylation is 1. The molecule has 0 aliphatic carbocycles. The molecule has 1 heterocycles. The summed E-state index contributed by atoms with van der Waals surface area (Å²) in [5.74, 6) is -0.152. The molecule has 0 radical (unpaired) electrons. The van der Waals surface area contributed by atoms with Crippen molar-refractivity contribution in [3.05, 3.63) is 44.7 Å². The molecule has 0 saturated heterocycles. The molecule has 1 aromatic carbocycles. The first-order valence-electron chi connectivity index (χ1n) is 6.28. The fourth-order valence-electron chi connectivity index (χ4n) is 2.12. The Hall–Kier alpha value is -2.32. The van der Waals surface area contributed by atoms with Crippen molar-refractivity contribution in [3.8, 4) is 6.07 Å². The number of hydrogen-bond acceptors (Lipinski definition) is 3. The highest BCUT2D eigenvalue weighted by molar-refractivity contribution is 6.35. The number of carbonyl (C=O) groups is 1. The second kappa shape index (κ2) is 5.58. The van der Waals surface area contributed by atoms with Gasteiger partial charge in [0.05, 0.1) is 10.5 Å². The number of rotatable bonds is 2. The molecule has 0 aliphatic heterocycles. The van der Waals surface area contributed by atoms with Crippen LogP contribution in [0.1, 0.15) is 11.1 Å². The molecular formula is C15H14ClN3O2. The lowest BCUT2D eigenvalue weighted by Gasteiger charge is -2.16. The van der Waals surface area contributed by atoms with Gasteiger partial charge < -0.3 is 9.47 Å². The average molecular weight is 304 g/mol. The van der Waals surface area contributed by atoms with E-state index in [1.165, 1.54) is 11.1 Å². The zero-order chi connectivity index (χ0) is 15.7. The first kappa shape index (κ1) is 15.1. The van der Waals surface area contributed by atoms with Crippen molar-refractivity contribution in [1.82, 2.24) is 9.47 Å². The molecule has 21 heavy (non-hydrogen) atoms. The fourth-order valence-corrected chi connectivity index (χ4v) is 2.50. The number of fused-ring (bicyclic) bond motifs is 1. The fraction of sp³-hybridized carbons (Fsp3) is 0.267. The Morgan fingerprint density at radius 3 is 2.67 bits per heavy atom. The van der Waals surface area contributed by atoms with Gasteiger partial charge in [0, 0.05) is 25.7 Å². The zero-order valence-corrected chi connectivity index (χ0v) is 12.7. The molecule has 0 atom stereocenters. The molecule has 108 valence electrons. The van der Waals surface area contributed by atoms with Crippen LogP contribution in [-0.4, -0.2) is 29.5 Å². The van der Waals surface area contributed by atoms with Crippen LogP contribution in [0.3, 0.4) is 0 Å². The number of hydrogen-bond donors (Lipinski definition) is 0. The van der Waals surface area contributed by atoms with E-state index in [1.54, 1.807) is 30.8 Å². The molecular weight excluding hydrogens is 290 g/mol. The molecule has 2 aromatic rings. The number of pyridine rings is 1. The third-order valence-corrected chi connectivity index (χ3v) is 3.48. The lowest BCUT2D eigenvalue weighted by Crippen LogP contribution is -2.27. The van der Waals surface area contributed by atoms with Gasteiger partial charge in [-0.1, -0.05) is 11.6 Å². The second-order valence-corrected chi connectivity index (χ2v) is 5.45. The summed E-state index contributed by atoms with van der Waals surface area (Å²) in [7, 11) is 3.29. The van der Waals surface area contributed by atoms with E-state index in [0.29, 0.717) is 15.9 Å². The van der Waals surface area contributed by atoms with Gasteiger partial charge in [0.1, 0.15) is 18.2 Å². The van der Waals surface area contributed by atoms with Gasteiger partial charge in [0.2, 0.25) is 11.3 Å². The lowest BCUT2D eigenvalue weighted by atomic mass is 10.1. The molecule has 1 amide bonds. The van der Waals surface area contributed by atoms with Crippen molar-refractivity contribution < 1.29 is 4.79 Å². The molecule has 6 heteroatoms. The van der Waals surface area contributed by atoms with Gasteiger partial charge in [-0.25, -0.2) is 0 Å². The molecule has 2 rings (SSSR count). The molecule has 0 unspecified atom stereocenters. The average Bonchev–Trinajstić information content (AvgIpc) is 2.41. The van der Waals surface area contributed by atoms with E-state index in [-0.39, 0.29) is 23.4 Å². The first-order valence-corrected chi connectivity index (χ1v) is 6.66. The smallest absolute Gasteiger partial charge is 0.241 e. The zero-order valence-electron chi connectivity index (χ0n) is 12.0. The van der Waals surface area contributed by atoms with Crippen LogP contribution in [0.5, 0.6) is 0 Å². The van der Waals surface area contributed by atoms with Crippen molar-refractivity contribution >= 4 is 28.4 Å². The number of nitrogens with zero attached hydrogens (tertiary/aromatic N) is 3. The topological polar surface area (TPSA) is 66.1 Å². The standard InChI is InChI=1S/C15H14ClN3O2/c1-9-4-11-14(12(16)5-9)19(8-13(20)18(2)3)7-10(6-17)15(11)21/h4-5,7H,8H2,1-3H3. The molecule has 0 N–H and O–H groups in total. The first-order chi connectivity index (χ1) is 9.85. The third kappa shape index (κ3) is 2.76. The minimum Gasteiger partial charge on any atom is -0.347 e. The number of aromatic nitrogens is 1. The Morgan fingerprint density at radius 1 is 1.43 bits per heavy atom. The Morgan fingerprint density at radius 2 is 2.10 bits per heavy atom. The number of amides is 1.